The van der Waals surface area contributed by atoms with Crippen LogP contribution < -0.4 is 5.32 Å². The van der Waals surface area contributed by atoms with Crippen molar-refractivity contribution in [3.63, 3.8) is 0 Å². The number of carboxylic acids is 1. The number of rotatable bonds is 7. The van der Waals surface area contributed by atoms with Crippen molar-refractivity contribution in [1.82, 2.24) is 29.1 Å². The second-order valence-corrected chi connectivity index (χ2v) is 13.2. The molecule has 42 heavy (non-hydrogen) atoms. The lowest BCUT2D eigenvalue weighted by Gasteiger charge is -2.47. The Morgan fingerprint density at radius 1 is 1.12 bits per heavy atom. The number of anilines is 1. The van der Waals surface area contributed by atoms with Crippen LogP contribution in [0.15, 0.2) is 24.7 Å². The lowest BCUT2D eigenvalue weighted by Crippen LogP contribution is -2.51. The molecule has 3 fully saturated rings. The average molecular weight is 594 g/mol. The first-order chi connectivity index (χ1) is 19.9. The molecule has 0 amide bonds. The number of ether oxygens (including phenoxy) is 1. The van der Waals surface area contributed by atoms with Gasteiger partial charge in [0.1, 0.15) is 22.1 Å². The van der Waals surface area contributed by atoms with Crippen LogP contribution in [0.4, 0.5) is 5.82 Å². The number of halogens is 1. The van der Waals surface area contributed by atoms with Gasteiger partial charge in [0.25, 0.3) is 0 Å². The van der Waals surface area contributed by atoms with Gasteiger partial charge in [0.05, 0.1) is 28.5 Å². The van der Waals surface area contributed by atoms with Crippen molar-refractivity contribution in [1.29, 1.82) is 0 Å². The molecule has 0 aliphatic heterocycles. The number of esters is 1. The topological polar surface area (TPSA) is 137 Å². The van der Waals surface area contributed by atoms with Crippen LogP contribution >= 0.6 is 11.6 Å². The predicted octanol–water partition coefficient (Wildman–Crippen LogP) is 5.93. The molecule has 0 aromatic carbocycles. The normalized spacial score (nSPS) is 22.3. The number of aromatic nitrogens is 6. The van der Waals surface area contributed by atoms with E-state index >= 15 is 0 Å². The molecule has 11 nitrogen and oxygen atoms in total. The van der Waals surface area contributed by atoms with Gasteiger partial charge in [-0.1, -0.05) is 11.6 Å². The molecule has 4 aromatic heterocycles. The largest absolute Gasteiger partial charge is 0.481 e. The van der Waals surface area contributed by atoms with Gasteiger partial charge in [0.2, 0.25) is 0 Å². The van der Waals surface area contributed by atoms with Crippen molar-refractivity contribution in [2.45, 2.75) is 79.1 Å². The molecule has 2 bridgehead atoms. The molecule has 3 saturated carbocycles. The zero-order valence-electron chi connectivity index (χ0n) is 24.5. The highest BCUT2D eigenvalue weighted by molar-refractivity contribution is 6.29. The number of carbonyl (C=O) groups is 2. The number of fused-ring (bicyclic) bond motifs is 5. The van der Waals surface area contributed by atoms with Crippen molar-refractivity contribution in [2.75, 3.05) is 5.32 Å². The van der Waals surface area contributed by atoms with Crippen LogP contribution in [0.3, 0.4) is 0 Å². The minimum absolute atomic E-state index is 0.0654. The molecule has 3 aliphatic rings. The first kappa shape index (κ1) is 28.4. The van der Waals surface area contributed by atoms with Crippen LogP contribution in [0.25, 0.3) is 33.6 Å². The second kappa shape index (κ2) is 10.5. The van der Waals surface area contributed by atoms with Crippen LogP contribution in [0, 0.1) is 23.2 Å². The highest BCUT2D eigenvalue weighted by Gasteiger charge is 2.47. The van der Waals surface area contributed by atoms with Gasteiger partial charge in [-0.3, -0.25) is 14.2 Å². The Kier molecular flexibility index (Phi) is 7.11. The highest BCUT2D eigenvalue weighted by Crippen LogP contribution is 2.47. The van der Waals surface area contributed by atoms with Crippen LogP contribution in [-0.2, 0) is 21.1 Å². The lowest BCUT2D eigenvalue weighted by atomic mass is 9.61. The van der Waals surface area contributed by atoms with Crippen molar-refractivity contribution in [3.05, 3.63) is 29.8 Å². The number of aliphatic carboxylic acids is 1. The fourth-order valence-corrected chi connectivity index (χ4v) is 6.62. The Morgan fingerprint density at radius 2 is 1.83 bits per heavy atom. The van der Waals surface area contributed by atoms with Crippen LogP contribution in [-0.4, -0.2) is 52.2 Å². The number of carboxylic acid groups (broad SMARTS) is 1. The Hall–Kier alpha value is -3.73. The quantitative estimate of drug-likeness (QED) is 0.250. The Morgan fingerprint density at radius 3 is 2.50 bits per heavy atom. The molecule has 4 heterocycles. The van der Waals surface area contributed by atoms with Gasteiger partial charge >= 0.3 is 11.9 Å². The van der Waals surface area contributed by atoms with Gasteiger partial charge in [-0.05, 0) is 78.2 Å². The first-order valence-electron chi connectivity index (χ1n) is 14.5. The molecule has 0 saturated heterocycles. The fourth-order valence-electron chi connectivity index (χ4n) is 6.49. The third-order valence-electron chi connectivity index (χ3n) is 8.66. The summed E-state index contributed by atoms with van der Waals surface area (Å²) in [6.45, 7) is 9.48. The first-order valence-corrected chi connectivity index (χ1v) is 14.9. The maximum Gasteiger partial charge on any atom is 0.312 e. The van der Waals surface area contributed by atoms with E-state index in [4.69, 9.17) is 26.3 Å². The molecule has 0 spiro atoms. The molecular formula is C30H36ClN7O4. The van der Waals surface area contributed by atoms with Crippen molar-refractivity contribution in [2.24, 2.45) is 23.2 Å². The van der Waals surface area contributed by atoms with Crippen LogP contribution in [0.5, 0.6) is 0 Å². The smallest absolute Gasteiger partial charge is 0.312 e. The van der Waals surface area contributed by atoms with E-state index in [0.29, 0.717) is 28.4 Å². The number of carbonyl (C=O) groups excluding carboxylic acids is 1. The summed E-state index contributed by atoms with van der Waals surface area (Å²) in [5.74, 6) is -0.169. The zero-order valence-corrected chi connectivity index (χ0v) is 25.2. The van der Waals surface area contributed by atoms with Gasteiger partial charge in [0, 0.05) is 24.5 Å². The number of hydrogen-bond donors (Lipinski definition) is 2. The summed E-state index contributed by atoms with van der Waals surface area (Å²) in [6.07, 6.45) is 9.12. The maximum absolute atomic E-state index is 12.5. The average Bonchev–Trinajstić information content (AvgIpc) is 3.53. The summed E-state index contributed by atoms with van der Waals surface area (Å²) in [5.41, 5.74) is 1.59. The molecule has 2 N–H and O–H groups in total. The summed E-state index contributed by atoms with van der Waals surface area (Å²) >= 11 is 6.28. The molecule has 7 rings (SSSR count). The minimum atomic E-state index is -0.759. The van der Waals surface area contributed by atoms with Crippen molar-refractivity contribution >= 4 is 51.6 Å². The molecule has 12 heteroatoms. The maximum atomic E-state index is 12.5. The fraction of sp³-hybridized carbons (Fsp3) is 0.533. The molecule has 0 radical (unpaired) electrons. The van der Waals surface area contributed by atoms with Crippen molar-refractivity contribution < 1.29 is 19.4 Å². The Labute approximate surface area is 248 Å². The van der Waals surface area contributed by atoms with Gasteiger partial charge in [-0.25, -0.2) is 19.9 Å². The number of nitrogens with zero attached hydrogens (tertiary/aromatic N) is 6. The summed E-state index contributed by atoms with van der Waals surface area (Å²) in [6, 6.07) is 1.88. The minimum Gasteiger partial charge on any atom is -0.481 e. The molecule has 222 valence electrons. The summed E-state index contributed by atoms with van der Waals surface area (Å²) < 4.78 is 9.35. The van der Waals surface area contributed by atoms with E-state index in [-0.39, 0.29) is 41.8 Å². The predicted molar refractivity (Wildman–Crippen MR) is 159 cm³/mol. The van der Waals surface area contributed by atoms with E-state index in [1.54, 1.807) is 31.5 Å². The van der Waals surface area contributed by atoms with E-state index in [2.05, 4.69) is 33.7 Å². The van der Waals surface area contributed by atoms with E-state index in [9.17, 15) is 14.7 Å². The van der Waals surface area contributed by atoms with E-state index < -0.39 is 17.3 Å². The molecule has 3 aliphatic carbocycles. The SMILES string of the molecule is CC(C)n1ccc2c(N[C@@H]3C4CCC(CC4)[C@H]3C(=O)O)nc(-c3cn(COC(=O)C(C)(C)C)c4ncc(Cl)nc34)nc21. The third kappa shape index (κ3) is 4.97. The standard InChI is InChI=1S/C30H36ClN7O4/c1-15(2)38-11-10-18-24(34-22-17-8-6-16(7-9-17)21(22)28(39)40)35-25(36-26(18)38)19-13-37(14-42-29(41)30(3,4)5)27-23(19)33-20(31)12-32-27/h10-13,15-17,21-22H,6-9,14H2,1-5H3,(H,39,40)(H,34,35,36)/t16?,17?,21-,22-/m1/s1. The van der Waals surface area contributed by atoms with E-state index in [1.807, 2.05) is 12.3 Å². The van der Waals surface area contributed by atoms with E-state index in [0.717, 1.165) is 36.7 Å². The van der Waals surface area contributed by atoms with Crippen LogP contribution in [0.2, 0.25) is 5.15 Å². The number of hydrogen-bond acceptors (Lipinski definition) is 8. The zero-order chi connectivity index (χ0) is 29.9. The van der Waals surface area contributed by atoms with Gasteiger partial charge in [-0.15, -0.1) is 0 Å². The molecule has 4 aromatic rings. The Balaban J connectivity index is 1.47. The number of nitrogens with one attached hydrogen (secondary N) is 1. The van der Waals surface area contributed by atoms with Gasteiger partial charge < -0.3 is 19.7 Å². The molecule has 2 atom stereocenters. The Bertz CT molecular complexity index is 1680. The molecule has 0 unspecified atom stereocenters. The van der Waals surface area contributed by atoms with Crippen LogP contribution in [0.1, 0.15) is 66.3 Å². The highest BCUT2D eigenvalue weighted by atomic mass is 35.5. The third-order valence-corrected chi connectivity index (χ3v) is 8.84. The summed E-state index contributed by atoms with van der Waals surface area (Å²) in [4.78, 5) is 43.9. The van der Waals surface area contributed by atoms with Gasteiger partial charge in [-0.2, -0.15) is 0 Å². The van der Waals surface area contributed by atoms with E-state index in [1.165, 1.54) is 6.20 Å². The van der Waals surface area contributed by atoms with Crippen molar-refractivity contribution in [3.8, 4) is 11.4 Å². The lowest BCUT2D eigenvalue weighted by molar-refractivity contribution is -0.156. The monoisotopic (exact) mass is 593 g/mol. The summed E-state index contributed by atoms with van der Waals surface area (Å²) in [5, 5.41) is 14.8. The second-order valence-electron chi connectivity index (χ2n) is 12.8. The van der Waals surface area contributed by atoms with Gasteiger partial charge in [0.15, 0.2) is 18.2 Å². The molecular weight excluding hydrogens is 558 g/mol. The summed E-state index contributed by atoms with van der Waals surface area (Å²) in [7, 11) is 0.